The molecule has 0 unspecified atom stereocenters. The number of carbonyl (C=O) groups excluding carboxylic acids is 2. The molecule has 2 amide bonds. The molecule has 0 aliphatic carbocycles. The van der Waals surface area contributed by atoms with Crippen LogP contribution in [0.3, 0.4) is 0 Å². The van der Waals surface area contributed by atoms with Gasteiger partial charge in [0.2, 0.25) is 5.91 Å². The standard InChI is InChI=1S/C18H17ClN4O4/c19-15-8-6-13(7-9-15)12-21-22-17(24)5-2-10-20-18(25)14-3-1-4-16(11-14)23(26)27/h1,3-4,6-9,11-12H,2,5,10H2,(H,20,25)(H,22,24)/b21-12+. The number of nitro groups is 1. The summed E-state index contributed by atoms with van der Waals surface area (Å²) in [6.07, 6.45) is 2.08. The Hall–Kier alpha value is -3.26. The highest BCUT2D eigenvalue weighted by atomic mass is 35.5. The molecule has 2 aromatic rings. The highest BCUT2D eigenvalue weighted by molar-refractivity contribution is 6.30. The Morgan fingerprint density at radius 1 is 1.19 bits per heavy atom. The van der Waals surface area contributed by atoms with Gasteiger partial charge in [-0.25, -0.2) is 5.43 Å². The topological polar surface area (TPSA) is 114 Å². The molecule has 0 spiro atoms. The maximum atomic E-state index is 11.9. The first-order valence-electron chi connectivity index (χ1n) is 8.06. The van der Waals surface area contributed by atoms with Crippen LogP contribution in [0.1, 0.15) is 28.8 Å². The van der Waals surface area contributed by atoms with E-state index in [0.717, 1.165) is 5.56 Å². The van der Waals surface area contributed by atoms with Gasteiger partial charge < -0.3 is 5.32 Å². The van der Waals surface area contributed by atoms with Crippen molar-refractivity contribution in [2.75, 3.05) is 6.54 Å². The summed E-state index contributed by atoms with van der Waals surface area (Å²) >= 11 is 5.78. The van der Waals surface area contributed by atoms with Gasteiger partial charge in [0, 0.05) is 35.7 Å². The number of nitro benzene ring substituents is 1. The fourth-order valence-corrected chi connectivity index (χ4v) is 2.22. The highest BCUT2D eigenvalue weighted by Crippen LogP contribution is 2.12. The Morgan fingerprint density at radius 3 is 2.63 bits per heavy atom. The molecule has 0 aromatic heterocycles. The predicted octanol–water partition coefficient (Wildman–Crippen LogP) is 2.91. The van der Waals surface area contributed by atoms with Gasteiger partial charge in [0.1, 0.15) is 0 Å². The van der Waals surface area contributed by atoms with Crippen molar-refractivity contribution >= 4 is 35.3 Å². The normalized spacial score (nSPS) is 10.6. The molecular formula is C18H17ClN4O4. The quantitative estimate of drug-likeness (QED) is 0.313. The monoisotopic (exact) mass is 388 g/mol. The van der Waals surface area contributed by atoms with Gasteiger partial charge in [-0.15, -0.1) is 0 Å². The van der Waals surface area contributed by atoms with E-state index in [9.17, 15) is 19.7 Å². The summed E-state index contributed by atoms with van der Waals surface area (Å²) in [5, 5.41) is 17.8. The van der Waals surface area contributed by atoms with E-state index in [-0.39, 0.29) is 30.1 Å². The number of rotatable bonds is 8. The molecule has 0 saturated heterocycles. The third kappa shape index (κ3) is 6.87. The third-order valence-electron chi connectivity index (χ3n) is 3.46. The zero-order valence-electron chi connectivity index (χ0n) is 14.2. The fraction of sp³-hybridized carbons (Fsp3) is 0.167. The summed E-state index contributed by atoms with van der Waals surface area (Å²) in [6, 6.07) is 12.4. The Morgan fingerprint density at radius 2 is 1.93 bits per heavy atom. The van der Waals surface area contributed by atoms with E-state index >= 15 is 0 Å². The first kappa shape index (κ1) is 20.1. The number of hydrazone groups is 1. The fourth-order valence-electron chi connectivity index (χ4n) is 2.10. The van der Waals surface area contributed by atoms with E-state index in [1.165, 1.54) is 30.5 Å². The minimum Gasteiger partial charge on any atom is -0.352 e. The molecular weight excluding hydrogens is 372 g/mol. The van der Waals surface area contributed by atoms with Crippen molar-refractivity contribution in [1.29, 1.82) is 0 Å². The molecule has 0 aliphatic heterocycles. The number of non-ortho nitro benzene ring substituents is 1. The Labute approximate surface area is 160 Å². The second-order valence-corrected chi connectivity index (χ2v) is 5.95. The van der Waals surface area contributed by atoms with Gasteiger partial charge in [0.25, 0.3) is 11.6 Å². The first-order valence-corrected chi connectivity index (χ1v) is 8.43. The van der Waals surface area contributed by atoms with Crippen molar-refractivity contribution in [2.24, 2.45) is 5.10 Å². The van der Waals surface area contributed by atoms with Gasteiger partial charge in [0.05, 0.1) is 11.1 Å². The molecule has 27 heavy (non-hydrogen) atoms. The van der Waals surface area contributed by atoms with Crippen molar-refractivity contribution in [3.05, 3.63) is 74.8 Å². The van der Waals surface area contributed by atoms with Gasteiger partial charge in [-0.2, -0.15) is 5.10 Å². The molecule has 0 fully saturated rings. The number of nitrogens with zero attached hydrogens (tertiary/aromatic N) is 2. The Balaban J connectivity index is 1.69. The molecule has 2 N–H and O–H groups in total. The molecule has 2 rings (SSSR count). The average molecular weight is 389 g/mol. The second kappa shape index (κ2) is 10.0. The molecule has 0 aliphatic rings. The van der Waals surface area contributed by atoms with Crippen LogP contribution in [0.5, 0.6) is 0 Å². The number of hydrogen-bond acceptors (Lipinski definition) is 5. The summed E-state index contributed by atoms with van der Waals surface area (Å²) in [6.45, 7) is 0.260. The lowest BCUT2D eigenvalue weighted by atomic mass is 10.2. The minimum atomic E-state index is -0.564. The summed E-state index contributed by atoms with van der Waals surface area (Å²) < 4.78 is 0. The van der Waals surface area contributed by atoms with Crippen LogP contribution in [-0.4, -0.2) is 29.5 Å². The first-order chi connectivity index (χ1) is 13.0. The molecule has 8 nitrogen and oxygen atoms in total. The van der Waals surface area contributed by atoms with Crippen molar-refractivity contribution < 1.29 is 14.5 Å². The van der Waals surface area contributed by atoms with E-state index in [1.807, 2.05) is 0 Å². The summed E-state index contributed by atoms with van der Waals surface area (Å²) in [5.74, 6) is -0.718. The zero-order valence-corrected chi connectivity index (χ0v) is 15.0. The lowest BCUT2D eigenvalue weighted by Gasteiger charge is -2.05. The van der Waals surface area contributed by atoms with Gasteiger partial charge >= 0.3 is 0 Å². The van der Waals surface area contributed by atoms with Crippen LogP contribution in [0.15, 0.2) is 53.6 Å². The molecule has 0 atom stereocenters. The van der Waals surface area contributed by atoms with Crippen LogP contribution in [0.2, 0.25) is 5.02 Å². The van der Waals surface area contributed by atoms with Crippen molar-refractivity contribution in [1.82, 2.24) is 10.7 Å². The van der Waals surface area contributed by atoms with E-state index in [0.29, 0.717) is 11.4 Å². The van der Waals surface area contributed by atoms with Crippen LogP contribution in [-0.2, 0) is 4.79 Å². The number of benzene rings is 2. The average Bonchev–Trinajstić information content (AvgIpc) is 2.66. The van der Waals surface area contributed by atoms with Crippen molar-refractivity contribution in [3.8, 4) is 0 Å². The lowest BCUT2D eigenvalue weighted by Crippen LogP contribution is -2.26. The molecule has 9 heteroatoms. The van der Waals surface area contributed by atoms with Crippen molar-refractivity contribution in [3.63, 3.8) is 0 Å². The Bertz CT molecular complexity index is 853. The number of carbonyl (C=O) groups is 2. The lowest BCUT2D eigenvalue weighted by molar-refractivity contribution is -0.384. The van der Waals surface area contributed by atoms with Crippen LogP contribution in [0.25, 0.3) is 0 Å². The molecule has 2 aromatic carbocycles. The second-order valence-electron chi connectivity index (χ2n) is 5.51. The molecule has 0 saturated carbocycles. The largest absolute Gasteiger partial charge is 0.352 e. The van der Waals surface area contributed by atoms with Gasteiger partial charge in [-0.05, 0) is 30.2 Å². The van der Waals surface area contributed by atoms with E-state index in [4.69, 9.17) is 11.6 Å². The van der Waals surface area contributed by atoms with E-state index in [2.05, 4.69) is 15.8 Å². The molecule has 0 bridgehead atoms. The van der Waals surface area contributed by atoms with Crippen molar-refractivity contribution in [2.45, 2.75) is 12.8 Å². The summed E-state index contributed by atoms with van der Waals surface area (Å²) in [7, 11) is 0. The third-order valence-corrected chi connectivity index (χ3v) is 3.71. The van der Waals surface area contributed by atoms with Crippen LogP contribution < -0.4 is 10.7 Å². The maximum Gasteiger partial charge on any atom is 0.270 e. The summed E-state index contributed by atoms with van der Waals surface area (Å²) in [4.78, 5) is 33.8. The van der Waals surface area contributed by atoms with Gasteiger partial charge in [-0.1, -0.05) is 29.8 Å². The molecule has 140 valence electrons. The van der Waals surface area contributed by atoms with Gasteiger partial charge in [0.15, 0.2) is 0 Å². The summed E-state index contributed by atoms with van der Waals surface area (Å²) in [5.41, 5.74) is 3.23. The molecule has 0 heterocycles. The van der Waals surface area contributed by atoms with Crippen LogP contribution in [0.4, 0.5) is 5.69 Å². The Kier molecular flexibility index (Phi) is 7.45. The number of nitrogens with one attached hydrogen (secondary N) is 2. The number of amides is 2. The SMILES string of the molecule is O=C(CCCNC(=O)c1cccc([N+](=O)[O-])c1)N/N=C/c1ccc(Cl)cc1. The number of hydrogen-bond donors (Lipinski definition) is 2. The molecule has 0 radical (unpaired) electrons. The van der Waals surface area contributed by atoms with E-state index < -0.39 is 10.8 Å². The number of halogens is 1. The predicted molar refractivity (Wildman–Crippen MR) is 102 cm³/mol. The smallest absolute Gasteiger partial charge is 0.270 e. The highest BCUT2D eigenvalue weighted by Gasteiger charge is 2.11. The van der Waals surface area contributed by atoms with Crippen LogP contribution >= 0.6 is 11.6 Å². The zero-order chi connectivity index (χ0) is 19.6. The van der Waals surface area contributed by atoms with Crippen LogP contribution in [0, 0.1) is 10.1 Å². The minimum absolute atomic E-state index is 0.152. The maximum absolute atomic E-state index is 11.9. The van der Waals surface area contributed by atoms with E-state index in [1.54, 1.807) is 24.3 Å². The van der Waals surface area contributed by atoms with Gasteiger partial charge in [-0.3, -0.25) is 19.7 Å².